The van der Waals surface area contributed by atoms with Gasteiger partial charge in [0.2, 0.25) is 0 Å². The summed E-state index contributed by atoms with van der Waals surface area (Å²) in [5, 5.41) is 0. The molecule has 2 heteroatoms. The van der Waals surface area contributed by atoms with E-state index in [1.807, 2.05) is 0 Å². The van der Waals surface area contributed by atoms with Crippen LogP contribution in [0.3, 0.4) is 0 Å². The number of aromatic nitrogens is 2. The first kappa shape index (κ1) is 41.2. The predicted octanol–water partition coefficient (Wildman–Crippen LogP) is 14.3. The molecule has 1 heterocycles. The zero-order valence-electron chi connectivity index (χ0n) is 31.0. The van der Waals surface area contributed by atoms with Gasteiger partial charge in [-0.05, 0) is 32.1 Å². The summed E-state index contributed by atoms with van der Waals surface area (Å²) in [6.45, 7) is 9.40. The molecule has 0 aromatic carbocycles. The van der Waals surface area contributed by atoms with E-state index in [1.165, 1.54) is 231 Å². The molecule has 1 rings (SSSR count). The maximum Gasteiger partial charge on any atom is 0.256 e. The van der Waals surface area contributed by atoms with E-state index < -0.39 is 0 Å². The van der Waals surface area contributed by atoms with Gasteiger partial charge < -0.3 is 0 Å². The summed E-state index contributed by atoms with van der Waals surface area (Å²) in [4.78, 5) is 0. The summed E-state index contributed by atoms with van der Waals surface area (Å²) < 4.78 is 5.17. The molecule has 0 spiro atoms. The average molecular weight is 616 g/mol. The van der Waals surface area contributed by atoms with Crippen LogP contribution >= 0.6 is 0 Å². The summed E-state index contributed by atoms with van der Waals surface area (Å²) in [5.74, 6) is 1.58. The lowest BCUT2D eigenvalue weighted by atomic mass is 10.0. The highest BCUT2D eigenvalue weighted by atomic mass is 15.1. The zero-order chi connectivity index (χ0) is 31.6. The van der Waals surface area contributed by atoms with Crippen LogP contribution in [0, 0.1) is 0 Å². The standard InChI is InChI=1S/C42H83N2/c1-4-7-9-11-13-15-17-19-21-22-24-26-28-30-32-34-36-39-44-41-40-43(42(44)37-6-3)38-35-33-31-29-27-25-23-20-18-16-14-12-10-8-5-2/h40-41H,4-39H2,1-3H3/q+1. The van der Waals surface area contributed by atoms with Crippen LogP contribution < -0.4 is 4.57 Å². The van der Waals surface area contributed by atoms with E-state index in [0.29, 0.717) is 0 Å². The van der Waals surface area contributed by atoms with Crippen LogP contribution in [0.2, 0.25) is 0 Å². The normalized spacial score (nSPS) is 11.6. The van der Waals surface area contributed by atoms with Gasteiger partial charge in [0, 0.05) is 6.42 Å². The molecule has 0 N–H and O–H groups in total. The molecule has 0 aliphatic heterocycles. The molecule has 0 unspecified atom stereocenters. The molecule has 0 saturated carbocycles. The van der Waals surface area contributed by atoms with E-state index in [2.05, 4.69) is 42.3 Å². The van der Waals surface area contributed by atoms with E-state index in [1.54, 1.807) is 5.82 Å². The van der Waals surface area contributed by atoms with E-state index in [0.717, 1.165) is 0 Å². The van der Waals surface area contributed by atoms with Gasteiger partial charge >= 0.3 is 0 Å². The van der Waals surface area contributed by atoms with Gasteiger partial charge in [0.25, 0.3) is 5.82 Å². The molecule has 0 fully saturated rings. The molecule has 0 radical (unpaired) electrons. The number of imidazole rings is 1. The summed E-state index contributed by atoms with van der Waals surface area (Å²) in [7, 11) is 0. The van der Waals surface area contributed by atoms with Crippen molar-refractivity contribution in [3.63, 3.8) is 0 Å². The fourth-order valence-corrected chi connectivity index (χ4v) is 7.08. The Labute approximate surface area is 279 Å². The van der Waals surface area contributed by atoms with Crippen molar-refractivity contribution >= 4 is 0 Å². The molecule has 0 aliphatic rings. The number of rotatable bonds is 36. The number of aryl methyl sites for hydroxylation is 2. The van der Waals surface area contributed by atoms with Crippen molar-refractivity contribution in [1.82, 2.24) is 4.57 Å². The fraction of sp³-hybridized carbons (Fsp3) is 0.929. The number of hydrogen-bond donors (Lipinski definition) is 0. The molecule has 0 aliphatic carbocycles. The van der Waals surface area contributed by atoms with Crippen LogP contribution in [-0.4, -0.2) is 4.57 Å². The van der Waals surface area contributed by atoms with Gasteiger partial charge in [0.05, 0.1) is 13.1 Å². The van der Waals surface area contributed by atoms with Gasteiger partial charge in [-0.3, -0.25) is 0 Å². The average Bonchev–Trinajstić information content (AvgIpc) is 3.41. The molecule has 0 atom stereocenters. The van der Waals surface area contributed by atoms with Crippen LogP contribution in [0.25, 0.3) is 0 Å². The molecule has 260 valence electrons. The van der Waals surface area contributed by atoms with Crippen LogP contribution in [0.15, 0.2) is 12.4 Å². The molecule has 0 bridgehead atoms. The molecular weight excluding hydrogens is 532 g/mol. The second kappa shape index (κ2) is 33.6. The molecule has 44 heavy (non-hydrogen) atoms. The minimum Gasteiger partial charge on any atom is -0.234 e. The predicted molar refractivity (Wildman–Crippen MR) is 198 cm³/mol. The first-order valence-electron chi connectivity index (χ1n) is 20.9. The van der Waals surface area contributed by atoms with E-state index in [9.17, 15) is 0 Å². The molecular formula is C42H83N2+. The molecule has 1 aromatic rings. The maximum atomic E-state index is 2.58. The molecule has 1 aromatic heterocycles. The summed E-state index contributed by atoms with van der Waals surface area (Å²) in [6.07, 6.45) is 53.5. The Morgan fingerprint density at radius 1 is 0.386 bits per heavy atom. The molecule has 0 amide bonds. The van der Waals surface area contributed by atoms with E-state index >= 15 is 0 Å². The van der Waals surface area contributed by atoms with Gasteiger partial charge in [-0.15, -0.1) is 0 Å². The topological polar surface area (TPSA) is 8.81 Å². The quantitative estimate of drug-likeness (QED) is 0.0524. The Balaban J connectivity index is 1.96. The maximum absolute atomic E-state index is 2.58. The van der Waals surface area contributed by atoms with Crippen LogP contribution in [0.1, 0.15) is 238 Å². The molecule has 2 nitrogen and oxygen atoms in total. The van der Waals surface area contributed by atoms with Gasteiger partial charge in [-0.25, -0.2) is 9.13 Å². The number of unbranched alkanes of at least 4 members (excludes halogenated alkanes) is 30. The van der Waals surface area contributed by atoms with Crippen molar-refractivity contribution in [2.24, 2.45) is 0 Å². The van der Waals surface area contributed by atoms with Crippen molar-refractivity contribution < 1.29 is 4.57 Å². The van der Waals surface area contributed by atoms with Crippen LogP contribution in [0.5, 0.6) is 0 Å². The lowest BCUT2D eigenvalue weighted by Gasteiger charge is -2.06. The largest absolute Gasteiger partial charge is 0.256 e. The highest BCUT2D eigenvalue weighted by Crippen LogP contribution is 2.16. The third kappa shape index (κ3) is 25.4. The first-order valence-corrected chi connectivity index (χ1v) is 20.9. The lowest BCUT2D eigenvalue weighted by Crippen LogP contribution is -2.37. The van der Waals surface area contributed by atoms with Crippen LogP contribution in [0.4, 0.5) is 0 Å². The van der Waals surface area contributed by atoms with Gasteiger partial charge in [-0.1, -0.05) is 201 Å². The van der Waals surface area contributed by atoms with E-state index in [4.69, 9.17) is 0 Å². The SMILES string of the molecule is CCCCCCCCCCCCCCCCCCCn1cc[n+](CCCCCCCCCCCCCCCCC)c1CCC. The number of nitrogens with zero attached hydrogens (tertiary/aromatic N) is 2. The Kier molecular flexibility index (Phi) is 31.5. The highest BCUT2D eigenvalue weighted by molar-refractivity contribution is 4.84. The first-order chi connectivity index (χ1) is 21.8. The summed E-state index contributed by atoms with van der Waals surface area (Å²) in [6, 6.07) is 0. The fourth-order valence-electron chi connectivity index (χ4n) is 7.08. The Morgan fingerprint density at radius 3 is 1.05 bits per heavy atom. The Hall–Kier alpha value is -0.790. The lowest BCUT2D eigenvalue weighted by molar-refractivity contribution is -0.704. The van der Waals surface area contributed by atoms with Crippen LogP contribution in [-0.2, 0) is 19.5 Å². The monoisotopic (exact) mass is 616 g/mol. The summed E-state index contributed by atoms with van der Waals surface area (Å²) in [5.41, 5.74) is 0. The van der Waals surface area contributed by atoms with Crippen molar-refractivity contribution in [2.75, 3.05) is 0 Å². The van der Waals surface area contributed by atoms with Gasteiger partial charge in [-0.2, -0.15) is 0 Å². The number of hydrogen-bond acceptors (Lipinski definition) is 0. The zero-order valence-corrected chi connectivity index (χ0v) is 31.0. The third-order valence-electron chi connectivity index (χ3n) is 10.1. The van der Waals surface area contributed by atoms with Crippen molar-refractivity contribution in [3.05, 3.63) is 18.2 Å². The summed E-state index contributed by atoms with van der Waals surface area (Å²) >= 11 is 0. The Morgan fingerprint density at radius 2 is 0.705 bits per heavy atom. The highest BCUT2D eigenvalue weighted by Gasteiger charge is 2.15. The minimum atomic E-state index is 1.22. The van der Waals surface area contributed by atoms with Gasteiger partial charge in [0.1, 0.15) is 12.4 Å². The van der Waals surface area contributed by atoms with Crippen molar-refractivity contribution in [1.29, 1.82) is 0 Å². The van der Waals surface area contributed by atoms with E-state index in [-0.39, 0.29) is 0 Å². The second-order valence-electron chi connectivity index (χ2n) is 14.5. The van der Waals surface area contributed by atoms with Gasteiger partial charge in [0.15, 0.2) is 0 Å². The van der Waals surface area contributed by atoms with Crippen molar-refractivity contribution in [3.8, 4) is 0 Å². The minimum absolute atomic E-state index is 1.22. The molecule has 0 saturated heterocycles. The second-order valence-corrected chi connectivity index (χ2v) is 14.5. The Bertz CT molecular complexity index is 677. The van der Waals surface area contributed by atoms with Crippen molar-refractivity contribution in [2.45, 2.75) is 252 Å². The smallest absolute Gasteiger partial charge is 0.234 e. The third-order valence-corrected chi connectivity index (χ3v) is 10.1.